The number of amides is 2. The Bertz CT molecular complexity index is 1050. The standard InChI is InChI=1S/C23H21N3O5/c1-2-25(19-6-4-3-5-7-19)23(28)17-8-10-18(11-9-17)24-22(27)16-31-21-14-12-20(13-15-21)26(29)30/h3-15H,2,16H2,1H3,(H,24,27). The molecule has 0 bridgehead atoms. The van der Waals surface area contributed by atoms with E-state index in [1.54, 1.807) is 29.2 Å². The molecule has 3 aromatic carbocycles. The zero-order chi connectivity index (χ0) is 22.2. The van der Waals surface area contributed by atoms with Crippen molar-refractivity contribution >= 4 is 28.9 Å². The van der Waals surface area contributed by atoms with Crippen molar-refractivity contribution in [1.29, 1.82) is 0 Å². The number of carbonyl (C=O) groups is 2. The predicted molar refractivity (Wildman–Crippen MR) is 117 cm³/mol. The van der Waals surface area contributed by atoms with Gasteiger partial charge in [-0.1, -0.05) is 18.2 Å². The van der Waals surface area contributed by atoms with Crippen LogP contribution in [0.4, 0.5) is 17.1 Å². The quantitative estimate of drug-likeness (QED) is 0.434. The molecule has 0 heterocycles. The van der Waals surface area contributed by atoms with E-state index in [-0.39, 0.29) is 18.2 Å². The van der Waals surface area contributed by atoms with Crippen LogP contribution in [0.25, 0.3) is 0 Å². The van der Waals surface area contributed by atoms with E-state index in [4.69, 9.17) is 4.74 Å². The Labute approximate surface area is 179 Å². The maximum Gasteiger partial charge on any atom is 0.269 e. The number of ether oxygens (including phenoxy) is 1. The minimum absolute atomic E-state index is 0.0552. The van der Waals surface area contributed by atoms with Crippen molar-refractivity contribution in [2.45, 2.75) is 6.92 Å². The molecular weight excluding hydrogens is 398 g/mol. The maximum absolute atomic E-state index is 12.8. The predicted octanol–water partition coefficient (Wildman–Crippen LogP) is 4.28. The summed E-state index contributed by atoms with van der Waals surface area (Å²) in [6.07, 6.45) is 0. The fraction of sp³-hybridized carbons (Fsp3) is 0.130. The second kappa shape index (κ2) is 10.0. The molecule has 2 amide bonds. The Morgan fingerprint density at radius 2 is 1.61 bits per heavy atom. The molecule has 0 fully saturated rings. The first-order valence-corrected chi connectivity index (χ1v) is 9.62. The fourth-order valence-electron chi connectivity index (χ4n) is 2.91. The minimum atomic E-state index is -0.509. The van der Waals surface area contributed by atoms with Crippen LogP contribution in [0, 0.1) is 10.1 Å². The van der Waals surface area contributed by atoms with E-state index in [0.717, 1.165) is 5.69 Å². The van der Waals surface area contributed by atoms with Crippen molar-refractivity contribution in [3.63, 3.8) is 0 Å². The molecule has 0 unspecified atom stereocenters. The summed E-state index contributed by atoms with van der Waals surface area (Å²) in [6.45, 7) is 2.18. The minimum Gasteiger partial charge on any atom is -0.484 e. The van der Waals surface area contributed by atoms with Crippen molar-refractivity contribution in [1.82, 2.24) is 0 Å². The molecule has 0 spiro atoms. The lowest BCUT2D eigenvalue weighted by Crippen LogP contribution is -2.30. The van der Waals surface area contributed by atoms with Gasteiger partial charge < -0.3 is 15.0 Å². The normalized spacial score (nSPS) is 10.2. The zero-order valence-electron chi connectivity index (χ0n) is 16.9. The zero-order valence-corrected chi connectivity index (χ0v) is 16.9. The highest BCUT2D eigenvalue weighted by Crippen LogP contribution is 2.19. The first-order chi connectivity index (χ1) is 15.0. The lowest BCUT2D eigenvalue weighted by molar-refractivity contribution is -0.384. The molecule has 8 heteroatoms. The van der Waals surface area contributed by atoms with Crippen molar-refractivity contribution in [2.75, 3.05) is 23.4 Å². The van der Waals surface area contributed by atoms with Crippen LogP contribution in [-0.2, 0) is 4.79 Å². The highest BCUT2D eigenvalue weighted by Gasteiger charge is 2.16. The van der Waals surface area contributed by atoms with Crippen LogP contribution in [0.5, 0.6) is 5.75 Å². The molecule has 0 aliphatic heterocycles. The molecule has 8 nitrogen and oxygen atoms in total. The molecule has 3 rings (SSSR count). The smallest absolute Gasteiger partial charge is 0.269 e. The van der Waals surface area contributed by atoms with E-state index >= 15 is 0 Å². The number of nitro benzene ring substituents is 1. The Morgan fingerprint density at radius 3 is 2.19 bits per heavy atom. The Morgan fingerprint density at radius 1 is 0.968 bits per heavy atom. The second-order valence-corrected chi connectivity index (χ2v) is 6.55. The summed E-state index contributed by atoms with van der Waals surface area (Å²) in [7, 11) is 0. The van der Waals surface area contributed by atoms with Gasteiger partial charge in [0.05, 0.1) is 4.92 Å². The lowest BCUT2D eigenvalue weighted by Gasteiger charge is -2.21. The van der Waals surface area contributed by atoms with Crippen molar-refractivity contribution < 1.29 is 19.2 Å². The number of nitrogens with zero attached hydrogens (tertiary/aromatic N) is 2. The van der Waals surface area contributed by atoms with Crippen molar-refractivity contribution in [3.8, 4) is 5.75 Å². The summed E-state index contributed by atoms with van der Waals surface area (Å²) in [5.41, 5.74) is 1.79. The van der Waals surface area contributed by atoms with Gasteiger partial charge in [0.2, 0.25) is 0 Å². The number of hydrogen-bond donors (Lipinski definition) is 1. The lowest BCUT2D eigenvalue weighted by atomic mass is 10.1. The van der Waals surface area contributed by atoms with Gasteiger partial charge in [-0.2, -0.15) is 0 Å². The van der Waals surface area contributed by atoms with Crippen LogP contribution < -0.4 is 15.0 Å². The molecule has 0 radical (unpaired) electrons. The maximum atomic E-state index is 12.8. The first kappa shape index (κ1) is 21.5. The largest absolute Gasteiger partial charge is 0.484 e. The molecule has 158 valence electrons. The number of hydrogen-bond acceptors (Lipinski definition) is 5. The molecule has 1 N–H and O–H groups in total. The van der Waals surface area contributed by atoms with Crippen LogP contribution in [0.15, 0.2) is 78.9 Å². The highest BCUT2D eigenvalue weighted by atomic mass is 16.6. The summed E-state index contributed by atoms with van der Waals surface area (Å²) in [5, 5.41) is 13.3. The molecule has 0 saturated heterocycles. The molecule has 3 aromatic rings. The van der Waals surface area contributed by atoms with Crippen molar-refractivity contribution in [3.05, 3.63) is 94.5 Å². The van der Waals surface area contributed by atoms with Crippen LogP contribution in [0.2, 0.25) is 0 Å². The topological polar surface area (TPSA) is 102 Å². The number of nitrogens with one attached hydrogen (secondary N) is 1. The highest BCUT2D eigenvalue weighted by molar-refractivity contribution is 6.06. The van der Waals surface area contributed by atoms with Gasteiger partial charge in [0, 0.05) is 35.6 Å². The summed E-state index contributed by atoms with van der Waals surface area (Å²) in [5.74, 6) is -0.174. The van der Waals surface area contributed by atoms with Gasteiger partial charge in [-0.3, -0.25) is 19.7 Å². The number of benzene rings is 3. The third-order valence-electron chi connectivity index (χ3n) is 4.46. The molecule has 0 aliphatic rings. The molecule has 31 heavy (non-hydrogen) atoms. The number of para-hydroxylation sites is 1. The van der Waals surface area contributed by atoms with Gasteiger partial charge in [0.15, 0.2) is 6.61 Å². The SMILES string of the molecule is CCN(C(=O)c1ccc(NC(=O)COc2ccc([N+](=O)[O-])cc2)cc1)c1ccccc1. The van der Waals surface area contributed by atoms with Gasteiger partial charge in [0.1, 0.15) is 5.75 Å². The van der Waals surface area contributed by atoms with Gasteiger partial charge >= 0.3 is 0 Å². The van der Waals surface area contributed by atoms with E-state index in [2.05, 4.69) is 5.32 Å². The van der Waals surface area contributed by atoms with E-state index in [1.807, 2.05) is 37.3 Å². The summed E-state index contributed by atoms with van der Waals surface area (Å²) < 4.78 is 5.34. The van der Waals surface area contributed by atoms with E-state index in [9.17, 15) is 19.7 Å². The van der Waals surface area contributed by atoms with Crippen LogP contribution >= 0.6 is 0 Å². The molecule has 0 aromatic heterocycles. The Kier molecular flexibility index (Phi) is 6.95. The van der Waals surface area contributed by atoms with Crippen LogP contribution in [0.3, 0.4) is 0 Å². The average Bonchev–Trinajstić information content (AvgIpc) is 2.79. The number of non-ortho nitro benzene ring substituents is 1. The average molecular weight is 419 g/mol. The van der Waals surface area contributed by atoms with Crippen molar-refractivity contribution in [2.24, 2.45) is 0 Å². The van der Waals surface area contributed by atoms with Gasteiger partial charge in [-0.15, -0.1) is 0 Å². The van der Waals surface area contributed by atoms with Gasteiger partial charge in [0.25, 0.3) is 17.5 Å². The number of rotatable bonds is 8. The van der Waals surface area contributed by atoms with E-state index < -0.39 is 10.8 Å². The molecule has 0 atom stereocenters. The third kappa shape index (κ3) is 5.66. The monoisotopic (exact) mass is 419 g/mol. The van der Waals surface area contributed by atoms with Crippen LogP contribution in [-0.4, -0.2) is 29.9 Å². The number of nitro groups is 1. The molecular formula is C23H21N3O5. The Balaban J connectivity index is 1.56. The first-order valence-electron chi connectivity index (χ1n) is 9.62. The molecule has 0 aliphatic carbocycles. The van der Waals surface area contributed by atoms with Gasteiger partial charge in [-0.25, -0.2) is 0 Å². The summed E-state index contributed by atoms with van der Waals surface area (Å²) in [4.78, 5) is 36.7. The summed E-state index contributed by atoms with van der Waals surface area (Å²) in [6, 6.07) is 21.5. The van der Waals surface area contributed by atoms with Crippen LogP contribution in [0.1, 0.15) is 17.3 Å². The number of carbonyl (C=O) groups excluding carboxylic acids is 2. The molecule has 0 saturated carbocycles. The van der Waals surface area contributed by atoms with E-state index in [0.29, 0.717) is 23.5 Å². The second-order valence-electron chi connectivity index (χ2n) is 6.55. The third-order valence-corrected chi connectivity index (χ3v) is 4.46. The fourth-order valence-corrected chi connectivity index (χ4v) is 2.91. The van der Waals surface area contributed by atoms with E-state index in [1.165, 1.54) is 24.3 Å². The number of anilines is 2. The summed E-state index contributed by atoms with van der Waals surface area (Å²) >= 11 is 0. The van der Waals surface area contributed by atoms with Gasteiger partial charge in [-0.05, 0) is 55.5 Å². The Hall–Kier alpha value is -4.20.